The number of benzene rings is 1. The van der Waals surface area contributed by atoms with E-state index in [0.29, 0.717) is 40.4 Å². The topological polar surface area (TPSA) is 35.5 Å². The molecule has 1 aliphatic heterocycles. The third kappa shape index (κ3) is 4.30. The molecule has 4 aliphatic carbocycles. The molecular weight excluding hydrogens is 456 g/mol. The number of carbonyl (C=O) groups excluding carboxylic acids is 1. The van der Waals surface area contributed by atoms with Crippen molar-refractivity contribution in [3.63, 3.8) is 0 Å². The Balaban J connectivity index is 1.12. The molecule has 5 fully saturated rings. The van der Waals surface area contributed by atoms with E-state index in [0.717, 1.165) is 42.4 Å². The van der Waals surface area contributed by atoms with Crippen LogP contribution in [0.4, 0.5) is 0 Å². The lowest BCUT2D eigenvalue weighted by atomic mass is 9.44. The van der Waals surface area contributed by atoms with Crippen molar-refractivity contribution < 1.29 is 14.3 Å². The Bertz CT molecular complexity index is 973. The first-order valence-corrected chi connectivity index (χ1v) is 15.6. The minimum absolute atomic E-state index is 0.0825. The van der Waals surface area contributed by atoms with Crippen molar-refractivity contribution in [2.45, 2.75) is 117 Å². The number of carbonyl (C=O) groups is 1. The molecule has 1 aromatic rings. The predicted molar refractivity (Wildman–Crippen MR) is 148 cm³/mol. The molecule has 37 heavy (non-hydrogen) atoms. The Labute approximate surface area is 225 Å². The summed E-state index contributed by atoms with van der Waals surface area (Å²) in [5, 5.41) is 0. The van der Waals surface area contributed by atoms with Crippen LogP contribution < -0.4 is 0 Å². The normalized spacial score (nSPS) is 46.6. The third-order valence-electron chi connectivity index (χ3n) is 12.5. The van der Waals surface area contributed by atoms with Crippen LogP contribution in [0.5, 0.6) is 0 Å². The fraction of sp³-hybridized carbons (Fsp3) is 0.794. The summed E-state index contributed by atoms with van der Waals surface area (Å²) >= 11 is 0. The van der Waals surface area contributed by atoms with Gasteiger partial charge < -0.3 is 9.47 Å². The van der Waals surface area contributed by atoms with Crippen LogP contribution in [0.25, 0.3) is 0 Å². The number of rotatable bonds is 5. The van der Waals surface area contributed by atoms with Gasteiger partial charge in [-0.25, -0.2) is 4.79 Å². The number of fused-ring (bicyclic) bond motifs is 7. The first-order valence-electron chi connectivity index (χ1n) is 15.6. The van der Waals surface area contributed by atoms with Crippen molar-refractivity contribution in [3.8, 4) is 0 Å². The van der Waals surface area contributed by atoms with Gasteiger partial charge in [0.2, 0.25) is 0 Å². The van der Waals surface area contributed by atoms with Gasteiger partial charge in [0.25, 0.3) is 0 Å². The molecule has 1 heterocycles. The largest absolute Gasteiger partial charge is 0.459 e. The average Bonchev–Trinajstić information content (AvgIpc) is 3.36. The Kier molecular flexibility index (Phi) is 6.78. The summed E-state index contributed by atoms with van der Waals surface area (Å²) in [4.78, 5) is 12.7. The van der Waals surface area contributed by atoms with Crippen molar-refractivity contribution in [1.29, 1.82) is 0 Å². The van der Waals surface area contributed by atoms with Gasteiger partial charge in [0.1, 0.15) is 6.10 Å². The molecule has 0 spiro atoms. The standard InChI is InChI=1S/C34H50O3/c1-21(2)11-14-29-22(3)31-30(37-29)20-28-26-13-12-24-19-25(36-32(35)23-9-7-6-8-10-23)15-17-33(24,4)27(26)16-18-34(28,31)5/h6-10,21-22,24-31H,11-20H2,1-5H3. The van der Waals surface area contributed by atoms with Crippen LogP contribution in [0.2, 0.25) is 0 Å². The molecule has 4 saturated carbocycles. The quantitative estimate of drug-likeness (QED) is 0.377. The van der Waals surface area contributed by atoms with Gasteiger partial charge >= 0.3 is 5.97 Å². The second-order valence-electron chi connectivity index (χ2n) is 14.7. The third-order valence-corrected chi connectivity index (χ3v) is 12.5. The molecule has 0 N–H and O–H groups in total. The van der Waals surface area contributed by atoms with Crippen molar-refractivity contribution in [1.82, 2.24) is 0 Å². The van der Waals surface area contributed by atoms with E-state index in [4.69, 9.17) is 9.47 Å². The average molecular weight is 507 g/mol. The van der Waals surface area contributed by atoms with Crippen LogP contribution in [-0.2, 0) is 9.47 Å². The van der Waals surface area contributed by atoms with E-state index in [2.05, 4.69) is 34.6 Å². The second kappa shape index (κ2) is 9.68. The first kappa shape index (κ1) is 25.9. The summed E-state index contributed by atoms with van der Waals surface area (Å²) in [6, 6.07) is 9.52. The van der Waals surface area contributed by atoms with Crippen LogP contribution in [-0.4, -0.2) is 24.3 Å². The highest BCUT2D eigenvalue weighted by molar-refractivity contribution is 5.89. The van der Waals surface area contributed by atoms with Crippen molar-refractivity contribution in [2.75, 3.05) is 0 Å². The maximum atomic E-state index is 12.7. The SMILES string of the molecule is CC(C)CCC1OC2CC3C4CCC5CC(OC(=O)c6ccccc6)CCC5(C)C4CCC3(C)C2C1C. The maximum Gasteiger partial charge on any atom is 0.338 e. The van der Waals surface area contributed by atoms with E-state index in [1.54, 1.807) is 0 Å². The van der Waals surface area contributed by atoms with Crippen molar-refractivity contribution >= 4 is 5.97 Å². The molecule has 1 aromatic carbocycles. The van der Waals surface area contributed by atoms with Crippen molar-refractivity contribution in [3.05, 3.63) is 35.9 Å². The number of hydrogen-bond acceptors (Lipinski definition) is 3. The molecule has 0 aromatic heterocycles. The van der Waals surface area contributed by atoms with Gasteiger partial charge in [0.05, 0.1) is 17.8 Å². The molecule has 204 valence electrons. The zero-order valence-corrected chi connectivity index (χ0v) is 24.0. The molecule has 3 nitrogen and oxygen atoms in total. The van der Waals surface area contributed by atoms with Gasteiger partial charge in [0.15, 0.2) is 0 Å². The molecule has 6 rings (SSSR count). The van der Waals surface area contributed by atoms with Gasteiger partial charge in [-0.2, -0.15) is 0 Å². The molecule has 11 unspecified atom stereocenters. The Hall–Kier alpha value is -1.35. The van der Waals surface area contributed by atoms with Gasteiger partial charge in [-0.3, -0.25) is 0 Å². The number of esters is 1. The van der Waals surface area contributed by atoms with E-state index in [1.165, 1.54) is 51.4 Å². The Morgan fingerprint density at radius 1 is 1.00 bits per heavy atom. The van der Waals surface area contributed by atoms with E-state index in [-0.39, 0.29) is 12.1 Å². The lowest BCUT2D eigenvalue weighted by Gasteiger charge is -2.61. The van der Waals surface area contributed by atoms with E-state index >= 15 is 0 Å². The zero-order chi connectivity index (χ0) is 25.9. The minimum atomic E-state index is -0.144. The second-order valence-corrected chi connectivity index (χ2v) is 14.7. The van der Waals surface area contributed by atoms with Crippen LogP contribution in [0.15, 0.2) is 30.3 Å². The monoisotopic (exact) mass is 506 g/mol. The van der Waals surface area contributed by atoms with Gasteiger partial charge in [0, 0.05) is 0 Å². The Morgan fingerprint density at radius 3 is 2.51 bits per heavy atom. The van der Waals surface area contributed by atoms with Crippen LogP contribution in [0.1, 0.15) is 109 Å². The fourth-order valence-corrected chi connectivity index (χ4v) is 10.6. The fourth-order valence-electron chi connectivity index (χ4n) is 10.6. The summed E-state index contributed by atoms with van der Waals surface area (Å²) in [6.45, 7) is 12.5. The number of ether oxygens (including phenoxy) is 2. The number of hydrogen-bond donors (Lipinski definition) is 0. The summed E-state index contributed by atoms with van der Waals surface area (Å²) in [5.74, 6) is 5.31. The Morgan fingerprint density at radius 2 is 1.76 bits per heavy atom. The highest BCUT2D eigenvalue weighted by Gasteiger charge is 2.65. The van der Waals surface area contributed by atoms with E-state index in [9.17, 15) is 4.79 Å². The van der Waals surface area contributed by atoms with Gasteiger partial charge in [-0.1, -0.05) is 52.8 Å². The summed E-state index contributed by atoms with van der Waals surface area (Å²) in [7, 11) is 0. The summed E-state index contributed by atoms with van der Waals surface area (Å²) < 4.78 is 12.9. The predicted octanol–water partition coefficient (Wildman–Crippen LogP) is 8.32. The highest BCUT2D eigenvalue weighted by Crippen LogP contribution is 2.70. The zero-order valence-electron chi connectivity index (χ0n) is 24.0. The molecule has 5 aliphatic rings. The highest BCUT2D eigenvalue weighted by atomic mass is 16.5. The van der Waals surface area contributed by atoms with Crippen LogP contribution in [0.3, 0.4) is 0 Å². The molecule has 1 saturated heterocycles. The molecule has 0 radical (unpaired) electrons. The van der Waals surface area contributed by atoms with Gasteiger partial charge in [-0.05, 0) is 129 Å². The minimum Gasteiger partial charge on any atom is -0.459 e. The molecule has 0 bridgehead atoms. The maximum absolute atomic E-state index is 12.7. The molecule has 3 heteroatoms. The molecular formula is C34H50O3. The smallest absolute Gasteiger partial charge is 0.338 e. The van der Waals surface area contributed by atoms with Crippen LogP contribution in [0, 0.1) is 52.3 Å². The lowest BCUT2D eigenvalue weighted by Crippen LogP contribution is -2.54. The van der Waals surface area contributed by atoms with Gasteiger partial charge in [-0.15, -0.1) is 0 Å². The van der Waals surface area contributed by atoms with E-state index in [1.807, 2.05) is 30.3 Å². The summed E-state index contributed by atoms with van der Waals surface area (Å²) in [6.07, 6.45) is 13.7. The molecule has 0 amide bonds. The van der Waals surface area contributed by atoms with E-state index < -0.39 is 0 Å². The first-order chi connectivity index (χ1) is 17.7. The molecule has 11 atom stereocenters. The lowest BCUT2D eigenvalue weighted by molar-refractivity contribution is -0.131. The van der Waals surface area contributed by atoms with Crippen LogP contribution >= 0.6 is 0 Å². The van der Waals surface area contributed by atoms with Crippen molar-refractivity contribution in [2.24, 2.45) is 52.3 Å². The summed E-state index contributed by atoms with van der Waals surface area (Å²) in [5.41, 5.74) is 1.55.